The van der Waals surface area contributed by atoms with Crippen LogP contribution >= 0.6 is 0 Å². The summed E-state index contributed by atoms with van der Waals surface area (Å²) in [6, 6.07) is 9.47. The Morgan fingerprint density at radius 2 is 2.00 bits per heavy atom. The first-order valence-electron chi connectivity index (χ1n) is 9.71. The number of aliphatic hydroxyl groups is 1. The topological polar surface area (TPSA) is 92.2 Å². The number of carbonyl (C=O) groups excluding carboxylic acids is 2. The van der Waals surface area contributed by atoms with Gasteiger partial charge in [-0.3, -0.25) is 14.6 Å². The van der Waals surface area contributed by atoms with Gasteiger partial charge in [0.05, 0.1) is 11.3 Å². The molecule has 0 radical (unpaired) electrons. The number of amides is 1. The molecule has 1 fully saturated rings. The van der Waals surface area contributed by atoms with Gasteiger partial charge in [-0.25, -0.2) is 0 Å². The Morgan fingerprint density at radius 3 is 2.73 bits per heavy atom. The van der Waals surface area contributed by atoms with Crippen LogP contribution in [0.1, 0.15) is 23.7 Å². The molecule has 1 aromatic heterocycles. The molecule has 3 heterocycles. The largest absolute Gasteiger partial charge is 0.507 e. The van der Waals surface area contributed by atoms with Gasteiger partial charge < -0.3 is 24.4 Å². The van der Waals surface area contributed by atoms with Gasteiger partial charge in [0.2, 0.25) is 6.79 Å². The van der Waals surface area contributed by atoms with Crippen LogP contribution < -0.4 is 9.47 Å². The van der Waals surface area contributed by atoms with Crippen molar-refractivity contribution in [1.29, 1.82) is 0 Å². The predicted octanol–water partition coefficient (Wildman–Crippen LogP) is 2.18. The molecule has 1 amide bonds. The normalized spacial score (nSPS) is 19.7. The highest BCUT2D eigenvalue weighted by molar-refractivity contribution is 6.46. The van der Waals surface area contributed by atoms with Crippen molar-refractivity contribution in [3.8, 4) is 11.5 Å². The highest BCUT2D eigenvalue weighted by atomic mass is 16.7. The fourth-order valence-corrected chi connectivity index (χ4v) is 3.71. The molecule has 0 aliphatic carbocycles. The first-order valence-corrected chi connectivity index (χ1v) is 9.71. The van der Waals surface area contributed by atoms with E-state index in [2.05, 4.69) is 4.98 Å². The fourth-order valence-electron chi connectivity index (χ4n) is 3.71. The minimum absolute atomic E-state index is 0.0300. The smallest absolute Gasteiger partial charge is 0.295 e. The van der Waals surface area contributed by atoms with Crippen LogP contribution in [0.15, 0.2) is 48.2 Å². The SMILES string of the molecule is CN(C)CCCN1C(=O)C(=O)C(=C(O)c2ccc3c(c2)OCO3)[C@H]1c1ccccn1. The van der Waals surface area contributed by atoms with E-state index in [1.165, 1.54) is 4.90 Å². The van der Waals surface area contributed by atoms with E-state index in [0.717, 1.165) is 6.54 Å². The fraction of sp³-hybridized carbons (Fsp3) is 0.318. The average molecular weight is 409 g/mol. The minimum Gasteiger partial charge on any atom is -0.507 e. The van der Waals surface area contributed by atoms with Crippen LogP contribution in [-0.2, 0) is 9.59 Å². The number of Topliss-reactive ketones (excluding diaryl/α,β-unsaturated/α-hetero) is 1. The van der Waals surface area contributed by atoms with Crippen LogP contribution in [-0.4, -0.2) is 65.6 Å². The molecule has 0 saturated carbocycles. The van der Waals surface area contributed by atoms with E-state index in [1.54, 1.807) is 42.6 Å². The Balaban J connectivity index is 1.77. The number of aromatic nitrogens is 1. The predicted molar refractivity (Wildman–Crippen MR) is 109 cm³/mol. The molecule has 2 aliphatic heterocycles. The lowest BCUT2D eigenvalue weighted by molar-refractivity contribution is -0.140. The van der Waals surface area contributed by atoms with Gasteiger partial charge in [0, 0.05) is 18.3 Å². The molecule has 8 nitrogen and oxygen atoms in total. The lowest BCUT2D eigenvalue weighted by Crippen LogP contribution is -2.32. The molecule has 8 heteroatoms. The summed E-state index contributed by atoms with van der Waals surface area (Å²) in [6.45, 7) is 1.24. The van der Waals surface area contributed by atoms with Crippen LogP contribution in [0.4, 0.5) is 0 Å². The van der Waals surface area contributed by atoms with Gasteiger partial charge in [-0.2, -0.15) is 0 Å². The summed E-state index contributed by atoms with van der Waals surface area (Å²) < 4.78 is 10.7. The van der Waals surface area contributed by atoms with Crippen LogP contribution in [0.3, 0.4) is 0 Å². The van der Waals surface area contributed by atoms with Gasteiger partial charge in [-0.15, -0.1) is 0 Å². The van der Waals surface area contributed by atoms with Crippen molar-refractivity contribution < 1.29 is 24.2 Å². The number of ether oxygens (including phenoxy) is 2. The minimum atomic E-state index is -0.751. The number of pyridine rings is 1. The molecule has 1 N–H and O–H groups in total. The summed E-state index contributed by atoms with van der Waals surface area (Å²) in [5.74, 6) is -0.555. The Hall–Kier alpha value is -3.39. The number of carbonyl (C=O) groups is 2. The van der Waals surface area contributed by atoms with Gasteiger partial charge in [0.1, 0.15) is 11.8 Å². The summed E-state index contributed by atoms with van der Waals surface area (Å²) in [5, 5.41) is 11.1. The number of hydrogen-bond acceptors (Lipinski definition) is 7. The number of benzene rings is 1. The van der Waals surface area contributed by atoms with E-state index in [0.29, 0.717) is 35.7 Å². The molecule has 2 aliphatic rings. The molecular formula is C22H23N3O5. The van der Waals surface area contributed by atoms with Crippen molar-refractivity contribution in [3.63, 3.8) is 0 Å². The van der Waals surface area contributed by atoms with Crippen molar-refractivity contribution >= 4 is 17.4 Å². The highest BCUT2D eigenvalue weighted by Crippen LogP contribution is 2.40. The zero-order valence-electron chi connectivity index (χ0n) is 16.9. The Bertz CT molecular complexity index is 1000. The van der Waals surface area contributed by atoms with Gasteiger partial charge in [-0.1, -0.05) is 6.07 Å². The summed E-state index contributed by atoms with van der Waals surface area (Å²) in [6.07, 6.45) is 2.29. The molecule has 0 spiro atoms. The first-order chi connectivity index (χ1) is 14.5. The summed E-state index contributed by atoms with van der Waals surface area (Å²) in [5.41, 5.74) is 0.942. The maximum absolute atomic E-state index is 12.9. The molecule has 156 valence electrons. The third kappa shape index (κ3) is 3.61. The van der Waals surface area contributed by atoms with Crippen molar-refractivity contribution in [2.75, 3.05) is 34.0 Å². The molecule has 1 saturated heterocycles. The van der Waals surface area contributed by atoms with Crippen LogP contribution in [0.2, 0.25) is 0 Å². The Labute approximate surface area is 174 Å². The first kappa shape index (κ1) is 19.9. The van der Waals surface area contributed by atoms with Crippen molar-refractivity contribution in [1.82, 2.24) is 14.8 Å². The molecule has 1 atom stereocenters. The second kappa shape index (κ2) is 8.16. The van der Waals surface area contributed by atoms with E-state index < -0.39 is 17.7 Å². The highest BCUT2D eigenvalue weighted by Gasteiger charge is 2.46. The number of hydrogen-bond donors (Lipinski definition) is 1. The summed E-state index contributed by atoms with van der Waals surface area (Å²) in [7, 11) is 3.90. The van der Waals surface area contributed by atoms with E-state index in [9.17, 15) is 14.7 Å². The van der Waals surface area contributed by atoms with E-state index in [1.807, 2.05) is 19.0 Å². The third-order valence-corrected chi connectivity index (χ3v) is 5.16. The summed E-state index contributed by atoms with van der Waals surface area (Å²) in [4.78, 5) is 33.7. The van der Waals surface area contributed by atoms with Gasteiger partial charge >= 0.3 is 0 Å². The Morgan fingerprint density at radius 1 is 1.20 bits per heavy atom. The van der Waals surface area contributed by atoms with Gasteiger partial charge in [-0.05, 0) is 57.4 Å². The van der Waals surface area contributed by atoms with Crippen LogP contribution in [0.5, 0.6) is 11.5 Å². The number of fused-ring (bicyclic) bond motifs is 1. The molecule has 1 aromatic carbocycles. The second-order valence-corrected chi connectivity index (χ2v) is 7.47. The van der Waals surface area contributed by atoms with Gasteiger partial charge in [0.15, 0.2) is 11.5 Å². The number of ketones is 1. The Kier molecular flexibility index (Phi) is 5.41. The summed E-state index contributed by atoms with van der Waals surface area (Å²) >= 11 is 0. The molecule has 0 bridgehead atoms. The van der Waals surface area contributed by atoms with E-state index in [4.69, 9.17) is 9.47 Å². The van der Waals surface area contributed by atoms with E-state index >= 15 is 0 Å². The molecule has 30 heavy (non-hydrogen) atoms. The van der Waals surface area contributed by atoms with E-state index in [-0.39, 0.29) is 18.1 Å². The van der Waals surface area contributed by atoms with Crippen molar-refractivity contribution in [2.45, 2.75) is 12.5 Å². The van der Waals surface area contributed by atoms with Gasteiger partial charge in [0.25, 0.3) is 11.7 Å². The average Bonchev–Trinajstić information content (AvgIpc) is 3.31. The lowest BCUT2D eigenvalue weighted by Gasteiger charge is -2.25. The second-order valence-electron chi connectivity index (χ2n) is 7.47. The zero-order chi connectivity index (χ0) is 21.3. The standard InChI is InChI=1S/C22H23N3O5/c1-24(2)10-5-11-25-19(15-6-3-4-9-23-15)18(21(27)22(25)28)20(26)14-7-8-16-17(12-14)30-13-29-16/h3-4,6-9,12,19,26H,5,10-11,13H2,1-2H3/t19-/m1/s1. The molecule has 2 aromatic rings. The van der Waals surface area contributed by atoms with Crippen LogP contribution in [0.25, 0.3) is 5.76 Å². The molecule has 0 unspecified atom stereocenters. The number of nitrogens with zero attached hydrogens (tertiary/aromatic N) is 3. The molecule has 4 rings (SSSR count). The number of likely N-dealkylation sites (tertiary alicyclic amines) is 1. The maximum Gasteiger partial charge on any atom is 0.295 e. The lowest BCUT2D eigenvalue weighted by atomic mass is 9.98. The maximum atomic E-state index is 12.9. The van der Waals surface area contributed by atoms with Crippen molar-refractivity contribution in [2.24, 2.45) is 0 Å². The molecular weight excluding hydrogens is 386 g/mol. The number of rotatable bonds is 6. The zero-order valence-corrected chi connectivity index (χ0v) is 16.9. The number of aliphatic hydroxyl groups excluding tert-OH is 1. The monoisotopic (exact) mass is 409 g/mol. The van der Waals surface area contributed by atoms with Crippen molar-refractivity contribution in [3.05, 3.63) is 59.4 Å². The third-order valence-electron chi connectivity index (χ3n) is 5.16. The van der Waals surface area contributed by atoms with Crippen LogP contribution in [0, 0.1) is 0 Å². The quantitative estimate of drug-likeness (QED) is 0.444.